The van der Waals surface area contributed by atoms with E-state index in [-0.39, 0.29) is 5.97 Å². The Hall–Kier alpha value is -1.55. The minimum Gasteiger partial charge on any atom is -0.494 e. The summed E-state index contributed by atoms with van der Waals surface area (Å²) in [5.41, 5.74) is 1.47. The van der Waals surface area contributed by atoms with Crippen LogP contribution in [0.15, 0.2) is 24.3 Å². The third-order valence-electron chi connectivity index (χ3n) is 3.18. The Morgan fingerprint density at radius 3 is 2.45 bits per heavy atom. The molecule has 22 heavy (non-hydrogen) atoms. The van der Waals surface area contributed by atoms with Gasteiger partial charge in [0.2, 0.25) is 0 Å². The number of nitrogens with one attached hydrogen (secondary N) is 1. The van der Waals surface area contributed by atoms with E-state index in [1.165, 1.54) is 5.56 Å². The van der Waals surface area contributed by atoms with Crippen LogP contribution in [0.1, 0.15) is 46.1 Å². The summed E-state index contributed by atoms with van der Waals surface area (Å²) in [6.45, 7) is 11.0. The normalized spacial score (nSPS) is 11.3. The van der Waals surface area contributed by atoms with Crippen molar-refractivity contribution in [2.75, 3.05) is 19.8 Å². The van der Waals surface area contributed by atoms with Crippen LogP contribution in [0.3, 0.4) is 0 Å². The summed E-state index contributed by atoms with van der Waals surface area (Å²) in [6, 6.07) is 8.07. The third kappa shape index (κ3) is 8.67. The molecule has 4 heteroatoms. The smallest absolute Gasteiger partial charge is 0.307 e. The van der Waals surface area contributed by atoms with Gasteiger partial charge in [0.05, 0.1) is 19.6 Å². The van der Waals surface area contributed by atoms with Crippen LogP contribution in [0.2, 0.25) is 0 Å². The number of esters is 1. The summed E-state index contributed by atoms with van der Waals surface area (Å²) in [5.74, 6) is 0.747. The lowest BCUT2D eigenvalue weighted by molar-refractivity contribution is -0.142. The topological polar surface area (TPSA) is 47.6 Å². The van der Waals surface area contributed by atoms with Crippen LogP contribution in [0, 0.1) is 5.41 Å². The quantitative estimate of drug-likeness (QED) is 0.560. The molecule has 124 valence electrons. The zero-order valence-corrected chi connectivity index (χ0v) is 14.3. The summed E-state index contributed by atoms with van der Waals surface area (Å²) in [7, 11) is 0. The van der Waals surface area contributed by atoms with Crippen molar-refractivity contribution in [2.24, 2.45) is 5.41 Å². The van der Waals surface area contributed by atoms with Crippen molar-refractivity contribution in [3.8, 4) is 5.75 Å². The van der Waals surface area contributed by atoms with Gasteiger partial charge in [-0.2, -0.15) is 0 Å². The molecule has 0 heterocycles. The van der Waals surface area contributed by atoms with Crippen LogP contribution in [0.25, 0.3) is 0 Å². The summed E-state index contributed by atoms with van der Waals surface area (Å²) in [5, 5.41) is 3.23. The van der Waals surface area contributed by atoms with Gasteiger partial charge in [0.1, 0.15) is 5.75 Å². The van der Waals surface area contributed by atoms with Crippen LogP contribution in [-0.4, -0.2) is 25.7 Å². The van der Waals surface area contributed by atoms with Gasteiger partial charge in [0.25, 0.3) is 0 Å². The Labute approximate surface area is 134 Å². The summed E-state index contributed by atoms with van der Waals surface area (Å²) in [6.07, 6.45) is 1.44. The lowest BCUT2D eigenvalue weighted by atomic mass is 9.93. The molecule has 0 radical (unpaired) electrons. The Kier molecular flexibility index (Phi) is 7.96. The average molecular weight is 307 g/mol. The van der Waals surface area contributed by atoms with Crippen LogP contribution >= 0.6 is 0 Å². The molecule has 0 aliphatic carbocycles. The van der Waals surface area contributed by atoms with Crippen molar-refractivity contribution >= 4 is 5.97 Å². The van der Waals surface area contributed by atoms with Gasteiger partial charge < -0.3 is 14.8 Å². The first-order chi connectivity index (χ1) is 10.4. The van der Waals surface area contributed by atoms with Gasteiger partial charge in [-0.25, -0.2) is 0 Å². The highest BCUT2D eigenvalue weighted by Crippen LogP contribution is 2.19. The van der Waals surface area contributed by atoms with E-state index in [1.54, 1.807) is 0 Å². The molecule has 0 aliphatic heterocycles. The number of rotatable bonds is 9. The van der Waals surface area contributed by atoms with Crippen molar-refractivity contribution in [3.05, 3.63) is 29.8 Å². The number of carbonyl (C=O) groups is 1. The molecule has 0 spiro atoms. The molecule has 0 fully saturated rings. The third-order valence-corrected chi connectivity index (χ3v) is 3.18. The maximum absolute atomic E-state index is 11.2. The van der Waals surface area contributed by atoms with Crippen molar-refractivity contribution in [1.29, 1.82) is 0 Å². The van der Waals surface area contributed by atoms with Gasteiger partial charge in [-0.05, 0) is 36.5 Å². The molecule has 1 aromatic rings. The van der Waals surface area contributed by atoms with Gasteiger partial charge in [-0.15, -0.1) is 0 Å². The fraction of sp³-hybridized carbons (Fsp3) is 0.611. The van der Waals surface area contributed by atoms with E-state index in [0.29, 0.717) is 25.0 Å². The number of hydrogen-bond acceptors (Lipinski definition) is 4. The highest BCUT2D eigenvalue weighted by molar-refractivity contribution is 5.69. The molecule has 0 aromatic heterocycles. The first-order valence-corrected chi connectivity index (χ1v) is 7.99. The van der Waals surface area contributed by atoms with Crippen molar-refractivity contribution in [1.82, 2.24) is 5.32 Å². The zero-order valence-electron chi connectivity index (χ0n) is 14.3. The molecule has 0 amide bonds. The van der Waals surface area contributed by atoms with E-state index in [1.807, 2.05) is 31.2 Å². The molecule has 0 unspecified atom stereocenters. The molecule has 1 rings (SSSR count). The zero-order chi connectivity index (χ0) is 16.4. The molecule has 0 saturated carbocycles. The molecule has 0 atom stereocenters. The fourth-order valence-electron chi connectivity index (χ4n) is 1.83. The first kappa shape index (κ1) is 18.5. The van der Waals surface area contributed by atoms with Crippen LogP contribution in [0.5, 0.6) is 5.75 Å². The van der Waals surface area contributed by atoms with E-state index in [0.717, 1.165) is 25.3 Å². The molecule has 0 bridgehead atoms. The predicted octanol–water partition coefficient (Wildman–Crippen LogP) is 3.54. The molecular weight excluding hydrogens is 278 g/mol. The molecule has 0 aliphatic rings. The minimum absolute atomic E-state index is 0.155. The van der Waals surface area contributed by atoms with Crippen LogP contribution < -0.4 is 10.1 Å². The van der Waals surface area contributed by atoms with E-state index in [9.17, 15) is 4.79 Å². The highest BCUT2D eigenvalue weighted by Gasteiger charge is 2.09. The van der Waals surface area contributed by atoms with Gasteiger partial charge in [0, 0.05) is 13.1 Å². The summed E-state index contributed by atoms with van der Waals surface area (Å²) in [4.78, 5) is 11.2. The van der Waals surface area contributed by atoms with Crippen molar-refractivity contribution < 1.29 is 14.3 Å². The second kappa shape index (κ2) is 9.46. The van der Waals surface area contributed by atoms with Crippen molar-refractivity contribution in [2.45, 2.75) is 47.1 Å². The fourth-order valence-corrected chi connectivity index (χ4v) is 1.83. The average Bonchev–Trinajstić information content (AvgIpc) is 2.44. The van der Waals surface area contributed by atoms with E-state index in [2.05, 4.69) is 26.1 Å². The Balaban J connectivity index is 2.23. The van der Waals surface area contributed by atoms with Crippen LogP contribution in [-0.2, 0) is 16.1 Å². The van der Waals surface area contributed by atoms with E-state index < -0.39 is 0 Å². The first-order valence-electron chi connectivity index (χ1n) is 7.99. The van der Waals surface area contributed by atoms with Crippen LogP contribution in [0.4, 0.5) is 0 Å². The minimum atomic E-state index is -0.155. The summed E-state index contributed by atoms with van der Waals surface area (Å²) >= 11 is 0. The molecule has 4 nitrogen and oxygen atoms in total. The lowest BCUT2D eigenvalue weighted by Crippen LogP contribution is -2.19. The second-order valence-electron chi connectivity index (χ2n) is 6.53. The second-order valence-corrected chi connectivity index (χ2v) is 6.53. The highest BCUT2D eigenvalue weighted by atomic mass is 16.5. The largest absolute Gasteiger partial charge is 0.494 e. The number of hydrogen-bond donors (Lipinski definition) is 1. The maximum atomic E-state index is 11.2. The van der Waals surface area contributed by atoms with Gasteiger partial charge >= 0.3 is 5.97 Å². The number of benzene rings is 1. The molecular formula is C18H29NO3. The van der Waals surface area contributed by atoms with Gasteiger partial charge in [-0.3, -0.25) is 4.79 Å². The number of carbonyl (C=O) groups excluding carboxylic acids is 1. The van der Waals surface area contributed by atoms with Crippen molar-refractivity contribution in [3.63, 3.8) is 0 Å². The Morgan fingerprint density at radius 1 is 1.18 bits per heavy atom. The molecule has 1 N–H and O–H groups in total. The monoisotopic (exact) mass is 307 g/mol. The van der Waals surface area contributed by atoms with E-state index >= 15 is 0 Å². The van der Waals surface area contributed by atoms with Gasteiger partial charge in [-0.1, -0.05) is 32.9 Å². The lowest BCUT2D eigenvalue weighted by Gasteiger charge is -2.18. The van der Waals surface area contributed by atoms with E-state index in [4.69, 9.17) is 9.47 Å². The van der Waals surface area contributed by atoms with Gasteiger partial charge in [0.15, 0.2) is 0 Å². The molecule has 1 aromatic carbocycles. The number of ether oxygens (including phenoxy) is 2. The predicted molar refractivity (Wildman–Crippen MR) is 89.0 cm³/mol. The SMILES string of the molecule is CCOC(=O)CCNCc1ccc(OCCC(C)(C)C)cc1. The molecule has 0 saturated heterocycles. The Bertz CT molecular complexity index is 435. The maximum Gasteiger partial charge on any atom is 0.307 e. The standard InChI is InChI=1S/C18H29NO3/c1-5-21-17(20)10-12-19-14-15-6-8-16(9-7-15)22-13-11-18(2,3)4/h6-9,19H,5,10-14H2,1-4H3. The summed E-state index contributed by atoms with van der Waals surface area (Å²) < 4.78 is 10.6. The Morgan fingerprint density at radius 2 is 1.86 bits per heavy atom.